The van der Waals surface area contributed by atoms with Crippen LogP contribution in [0.25, 0.3) is 0 Å². The van der Waals surface area contributed by atoms with Crippen LogP contribution in [0.5, 0.6) is 0 Å². The quantitative estimate of drug-likeness (QED) is 0.449. The zero-order chi connectivity index (χ0) is 18.9. The zero-order valence-corrected chi connectivity index (χ0v) is 16.9. The first-order valence-corrected chi connectivity index (χ1v) is 11.9. The van der Waals surface area contributed by atoms with Gasteiger partial charge in [-0.05, 0) is 38.1 Å². The summed E-state index contributed by atoms with van der Waals surface area (Å²) >= 11 is 0. The maximum absolute atomic E-state index is 13.1. The highest BCUT2D eigenvalue weighted by atomic mass is 31.2. The molecule has 0 saturated carbocycles. The van der Waals surface area contributed by atoms with Gasteiger partial charge < -0.3 is 9.05 Å². The van der Waals surface area contributed by atoms with Crippen molar-refractivity contribution in [2.75, 3.05) is 26.3 Å². The van der Waals surface area contributed by atoms with Crippen molar-refractivity contribution in [1.82, 2.24) is 10.2 Å². The van der Waals surface area contributed by atoms with Crippen molar-refractivity contribution in [3.05, 3.63) is 60.7 Å². The monoisotopic (exact) mass is 396 g/mol. The van der Waals surface area contributed by atoms with E-state index in [4.69, 9.17) is 9.05 Å². The molecule has 0 aliphatic carbocycles. The molecule has 0 bridgehead atoms. The summed E-state index contributed by atoms with van der Waals surface area (Å²) in [4.78, 5) is 0. The van der Waals surface area contributed by atoms with Crippen LogP contribution in [0.1, 0.15) is 13.8 Å². The van der Waals surface area contributed by atoms with Crippen LogP contribution in [0, 0.1) is 0 Å². The Hall–Kier alpha value is -1.26. The lowest BCUT2D eigenvalue weighted by Crippen LogP contribution is -2.31. The van der Waals surface area contributed by atoms with E-state index in [0.29, 0.717) is 36.9 Å². The van der Waals surface area contributed by atoms with Crippen LogP contribution in [0.15, 0.2) is 60.7 Å². The van der Waals surface area contributed by atoms with E-state index in [1.165, 1.54) is 0 Å². The molecule has 0 aromatic heterocycles. The summed E-state index contributed by atoms with van der Waals surface area (Å²) in [5, 5.41) is 7.17. The van der Waals surface area contributed by atoms with Crippen LogP contribution < -0.4 is 20.8 Å². The summed E-state index contributed by atoms with van der Waals surface area (Å²) in [5.41, 5.74) is 0. The van der Waals surface area contributed by atoms with Crippen LogP contribution in [-0.4, -0.2) is 26.3 Å². The maximum Gasteiger partial charge on any atom is 0.299 e. The molecule has 0 radical (unpaired) electrons. The Kier molecular flexibility index (Phi) is 8.23. The lowest BCUT2D eigenvalue weighted by molar-refractivity contribution is 0.328. The first-order valence-electron chi connectivity index (χ1n) is 8.64. The van der Waals surface area contributed by atoms with E-state index in [0.717, 1.165) is 0 Å². The predicted molar refractivity (Wildman–Crippen MR) is 107 cm³/mol. The van der Waals surface area contributed by atoms with Crippen molar-refractivity contribution in [1.29, 1.82) is 0 Å². The second kappa shape index (κ2) is 10.2. The van der Waals surface area contributed by atoms with Crippen molar-refractivity contribution in [2.45, 2.75) is 13.8 Å². The van der Waals surface area contributed by atoms with Crippen LogP contribution >= 0.6 is 15.0 Å². The molecule has 26 heavy (non-hydrogen) atoms. The highest BCUT2D eigenvalue weighted by Crippen LogP contribution is 2.42. The predicted octanol–water partition coefficient (Wildman–Crippen LogP) is 3.28. The van der Waals surface area contributed by atoms with Gasteiger partial charge in [-0.3, -0.25) is 9.13 Å². The minimum absolute atomic E-state index is 0.316. The molecule has 0 heterocycles. The first kappa shape index (κ1) is 21.0. The van der Waals surface area contributed by atoms with E-state index in [2.05, 4.69) is 10.2 Å². The van der Waals surface area contributed by atoms with Gasteiger partial charge in [0, 0.05) is 13.1 Å². The molecule has 2 atom stereocenters. The molecule has 2 aromatic rings. The van der Waals surface area contributed by atoms with Crippen LogP contribution in [0.2, 0.25) is 0 Å². The van der Waals surface area contributed by atoms with Crippen molar-refractivity contribution >= 4 is 25.6 Å². The van der Waals surface area contributed by atoms with Gasteiger partial charge in [0.15, 0.2) is 0 Å². The standard InChI is InChI=1S/C18H26N2O4P2/c1-3-23-25(21,17-11-7-5-8-12-17)19-15-16-20-26(22,24-4-2)18-13-9-6-10-14-18/h5-14H,3-4,15-16H2,1-2H3,(H,19,21)(H,20,22). The average molecular weight is 396 g/mol. The van der Waals surface area contributed by atoms with Gasteiger partial charge in [0.05, 0.1) is 23.8 Å². The van der Waals surface area contributed by atoms with Gasteiger partial charge >= 0.3 is 0 Å². The molecule has 2 unspecified atom stereocenters. The van der Waals surface area contributed by atoms with Crippen LogP contribution in [0.3, 0.4) is 0 Å². The molecule has 0 aliphatic heterocycles. The molecule has 0 saturated heterocycles. The summed E-state index contributed by atoms with van der Waals surface area (Å²) in [6.45, 7) is 4.89. The van der Waals surface area contributed by atoms with Gasteiger partial charge in [-0.25, -0.2) is 10.2 Å². The van der Waals surface area contributed by atoms with E-state index in [-0.39, 0.29) is 0 Å². The third-order valence-electron chi connectivity index (χ3n) is 3.58. The molecule has 2 rings (SSSR count). The number of benzene rings is 2. The molecular weight excluding hydrogens is 370 g/mol. The van der Waals surface area contributed by atoms with Crippen molar-refractivity contribution in [2.24, 2.45) is 0 Å². The number of nitrogens with one attached hydrogen (secondary N) is 2. The largest absolute Gasteiger partial charge is 0.315 e. The molecule has 142 valence electrons. The lowest BCUT2D eigenvalue weighted by atomic mass is 10.4. The van der Waals surface area contributed by atoms with Gasteiger partial charge in [0.25, 0.3) is 15.0 Å². The highest BCUT2D eigenvalue weighted by Gasteiger charge is 2.27. The highest BCUT2D eigenvalue weighted by molar-refractivity contribution is 7.65. The van der Waals surface area contributed by atoms with Gasteiger partial charge in [0.1, 0.15) is 0 Å². The van der Waals surface area contributed by atoms with E-state index < -0.39 is 15.0 Å². The Morgan fingerprint density at radius 2 is 1.04 bits per heavy atom. The summed E-state index contributed by atoms with van der Waals surface area (Å²) in [6, 6.07) is 18.1. The third kappa shape index (κ3) is 5.62. The minimum atomic E-state index is -3.16. The minimum Gasteiger partial charge on any atom is -0.315 e. The molecular formula is C18H26N2O4P2. The van der Waals surface area contributed by atoms with Crippen molar-refractivity contribution < 1.29 is 18.2 Å². The summed E-state index contributed by atoms with van der Waals surface area (Å²) in [7, 11) is -6.32. The summed E-state index contributed by atoms with van der Waals surface area (Å²) < 4.78 is 37.1. The van der Waals surface area contributed by atoms with E-state index >= 15 is 0 Å². The maximum atomic E-state index is 13.1. The Labute approximate surface area is 155 Å². The van der Waals surface area contributed by atoms with Gasteiger partial charge in [0.2, 0.25) is 0 Å². The smallest absolute Gasteiger partial charge is 0.299 e. The Morgan fingerprint density at radius 3 is 1.35 bits per heavy atom. The fourth-order valence-corrected chi connectivity index (χ4v) is 5.96. The molecule has 8 heteroatoms. The van der Waals surface area contributed by atoms with Crippen LogP contribution in [0.4, 0.5) is 0 Å². The summed E-state index contributed by atoms with van der Waals surface area (Å²) in [5.74, 6) is 0. The Bertz CT molecular complexity index is 691. The fourth-order valence-electron chi connectivity index (χ4n) is 2.44. The Balaban J connectivity index is 2.00. The second-order valence-corrected chi connectivity index (χ2v) is 9.81. The Morgan fingerprint density at radius 1 is 0.692 bits per heavy atom. The first-order chi connectivity index (χ1) is 12.5. The normalized spacial score (nSPS) is 15.9. The fraction of sp³-hybridized carbons (Fsp3) is 0.333. The van der Waals surface area contributed by atoms with Crippen molar-refractivity contribution in [3.8, 4) is 0 Å². The second-order valence-electron chi connectivity index (χ2n) is 5.43. The molecule has 0 spiro atoms. The number of hydrogen-bond donors (Lipinski definition) is 2. The number of hydrogen-bond acceptors (Lipinski definition) is 4. The molecule has 0 fully saturated rings. The van der Waals surface area contributed by atoms with E-state index in [1.54, 1.807) is 38.1 Å². The lowest BCUT2D eigenvalue weighted by Gasteiger charge is -2.22. The number of rotatable bonds is 11. The molecule has 2 N–H and O–H groups in total. The zero-order valence-electron chi connectivity index (χ0n) is 15.1. The van der Waals surface area contributed by atoms with Gasteiger partial charge in [-0.1, -0.05) is 36.4 Å². The SMILES string of the molecule is CCOP(=O)(NCCNP(=O)(OCC)c1ccccc1)c1ccccc1. The topological polar surface area (TPSA) is 76.7 Å². The van der Waals surface area contributed by atoms with Crippen LogP contribution in [-0.2, 0) is 18.2 Å². The molecule has 0 aliphatic rings. The third-order valence-corrected chi connectivity index (χ3v) is 8.06. The average Bonchev–Trinajstić information content (AvgIpc) is 2.67. The summed E-state index contributed by atoms with van der Waals surface area (Å²) in [6.07, 6.45) is 0. The van der Waals surface area contributed by atoms with Crippen molar-refractivity contribution in [3.63, 3.8) is 0 Å². The molecule has 2 aromatic carbocycles. The van der Waals surface area contributed by atoms with Gasteiger partial charge in [-0.15, -0.1) is 0 Å². The molecule has 0 amide bonds. The van der Waals surface area contributed by atoms with Gasteiger partial charge in [-0.2, -0.15) is 0 Å². The van der Waals surface area contributed by atoms with E-state index in [9.17, 15) is 9.13 Å². The van der Waals surface area contributed by atoms with E-state index in [1.807, 2.05) is 36.4 Å². The molecule has 6 nitrogen and oxygen atoms in total.